The number of halogens is 1. The highest BCUT2D eigenvalue weighted by Crippen LogP contribution is 2.22. The van der Waals surface area contributed by atoms with Gasteiger partial charge in [0.2, 0.25) is 0 Å². The SMILES string of the molecule is CN(C(=O)OC(C)(C)C)[C@H](C(N)=NO)c1cccc(F)c1. The molecule has 0 aromatic heterocycles. The molecule has 0 bridgehead atoms. The quantitative estimate of drug-likeness (QED) is 0.388. The molecule has 1 aromatic carbocycles. The van der Waals surface area contributed by atoms with E-state index in [1.807, 2.05) is 0 Å². The summed E-state index contributed by atoms with van der Waals surface area (Å²) in [6.07, 6.45) is -0.664. The van der Waals surface area contributed by atoms with E-state index in [1.165, 1.54) is 25.2 Å². The van der Waals surface area contributed by atoms with E-state index in [4.69, 9.17) is 15.7 Å². The molecule has 0 aliphatic carbocycles. The van der Waals surface area contributed by atoms with Gasteiger partial charge in [-0.2, -0.15) is 0 Å². The standard InChI is InChI=1S/C14H20FN3O3/c1-14(2,3)21-13(19)18(4)11(12(16)17-20)9-6-5-7-10(15)8-9/h5-8,11,20H,1-4H3,(H2,16,17)/t11-/m0/s1. The fourth-order valence-corrected chi connectivity index (χ4v) is 1.76. The lowest BCUT2D eigenvalue weighted by atomic mass is 10.0. The van der Waals surface area contributed by atoms with Crippen molar-refractivity contribution in [2.45, 2.75) is 32.4 Å². The van der Waals surface area contributed by atoms with Crippen LogP contribution >= 0.6 is 0 Å². The number of oxime groups is 1. The molecule has 0 aliphatic heterocycles. The summed E-state index contributed by atoms with van der Waals surface area (Å²) in [5.41, 5.74) is 5.31. The van der Waals surface area contributed by atoms with Gasteiger partial charge in [0.1, 0.15) is 17.5 Å². The van der Waals surface area contributed by atoms with E-state index in [9.17, 15) is 9.18 Å². The number of rotatable bonds is 3. The Labute approximate surface area is 123 Å². The largest absolute Gasteiger partial charge is 0.444 e. The summed E-state index contributed by atoms with van der Waals surface area (Å²) in [5.74, 6) is -0.727. The first-order valence-electron chi connectivity index (χ1n) is 6.34. The van der Waals surface area contributed by atoms with E-state index in [-0.39, 0.29) is 5.84 Å². The van der Waals surface area contributed by atoms with Gasteiger partial charge in [-0.15, -0.1) is 0 Å². The minimum atomic E-state index is -0.930. The number of ether oxygens (including phenoxy) is 1. The topological polar surface area (TPSA) is 88.2 Å². The van der Waals surface area contributed by atoms with Gasteiger partial charge in [-0.25, -0.2) is 9.18 Å². The fourth-order valence-electron chi connectivity index (χ4n) is 1.76. The summed E-state index contributed by atoms with van der Waals surface area (Å²) in [4.78, 5) is 13.2. The summed E-state index contributed by atoms with van der Waals surface area (Å²) in [5, 5.41) is 11.8. The number of amides is 1. The average Bonchev–Trinajstić information content (AvgIpc) is 2.36. The first kappa shape index (κ1) is 16.7. The Bertz CT molecular complexity index is 541. The van der Waals surface area contributed by atoms with Crippen LogP contribution in [0.1, 0.15) is 32.4 Å². The average molecular weight is 297 g/mol. The van der Waals surface area contributed by atoms with E-state index < -0.39 is 23.6 Å². The zero-order valence-electron chi connectivity index (χ0n) is 12.5. The smallest absolute Gasteiger partial charge is 0.410 e. The van der Waals surface area contributed by atoms with Crippen molar-refractivity contribution >= 4 is 11.9 Å². The molecule has 1 atom stereocenters. The van der Waals surface area contributed by atoms with E-state index in [0.717, 1.165) is 4.90 Å². The molecular weight excluding hydrogens is 277 g/mol. The Balaban J connectivity index is 3.12. The molecule has 0 unspecified atom stereocenters. The van der Waals surface area contributed by atoms with Crippen molar-refractivity contribution in [1.29, 1.82) is 0 Å². The number of hydrogen-bond donors (Lipinski definition) is 2. The molecular formula is C14H20FN3O3. The number of benzene rings is 1. The van der Waals surface area contributed by atoms with Crippen LogP contribution in [0.4, 0.5) is 9.18 Å². The number of amidine groups is 1. The molecule has 6 nitrogen and oxygen atoms in total. The normalized spacial score (nSPS) is 13.7. The zero-order chi connectivity index (χ0) is 16.2. The molecule has 1 amide bonds. The highest BCUT2D eigenvalue weighted by Gasteiger charge is 2.29. The second kappa shape index (κ2) is 6.43. The summed E-state index contributed by atoms with van der Waals surface area (Å²) < 4.78 is 18.6. The molecule has 7 heteroatoms. The van der Waals surface area contributed by atoms with Crippen LogP contribution in [0.15, 0.2) is 29.4 Å². The van der Waals surface area contributed by atoms with E-state index in [0.29, 0.717) is 5.56 Å². The maximum atomic E-state index is 13.4. The highest BCUT2D eigenvalue weighted by atomic mass is 19.1. The zero-order valence-corrected chi connectivity index (χ0v) is 12.5. The van der Waals surface area contributed by atoms with Crippen LogP contribution in [0.3, 0.4) is 0 Å². The van der Waals surface area contributed by atoms with Crippen LogP contribution in [0.2, 0.25) is 0 Å². The molecule has 0 heterocycles. The van der Waals surface area contributed by atoms with Crippen LogP contribution in [0, 0.1) is 5.82 Å². The van der Waals surface area contributed by atoms with E-state index >= 15 is 0 Å². The number of carbonyl (C=O) groups excluding carboxylic acids is 1. The minimum absolute atomic E-state index is 0.242. The maximum absolute atomic E-state index is 13.4. The first-order valence-corrected chi connectivity index (χ1v) is 6.34. The summed E-state index contributed by atoms with van der Waals surface area (Å²) >= 11 is 0. The van der Waals surface area contributed by atoms with Crippen LogP contribution in [-0.4, -0.2) is 34.7 Å². The number of likely N-dealkylation sites (N-methyl/N-ethyl adjacent to an activating group) is 1. The van der Waals surface area contributed by atoms with Crippen molar-refractivity contribution in [3.05, 3.63) is 35.6 Å². The summed E-state index contributed by atoms with van der Waals surface area (Å²) in [6, 6.07) is 4.60. The Kier molecular flexibility index (Phi) is 5.12. The van der Waals surface area contributed by atoms with Crippen LogP contribution in [0.25, 0.3) is 0 Å². The number of nitrogens with two attached hydrogens (primary N) is 1. The molecule has 1 rings (SSSR count). The fraction of sp³-hybridized carbons (Fsp3) is 0.429. The lowest BCUT2D eigenvalue weighted by Crippen LogP contribution is -2.42. The molecule has 0 radical (unpaired) electrons. The van der Waals surface area contributed by atoms with Crippen LogP contribution in [0.5, 0.6) is 0 Å². The lowest BCUT2D eigenvalue weighted by Gasteiger charge is -2.30. The predicted octanol–water partition coefficient (Wildman–Crippen LogP) is 2.48. The van der Waals surface area contributed by atoms with Gasteiger partial charge in [-0.1, -0.05) is 17.3 Å². The number of nitrogens with zero attached hydrogens (tertiary/aromatic N) is 2. The van der Waals surface area contributed by atoms with Gasteiger partial charge in [-0.05, 0) is 38.5 Å². The maximum Gasteiger partial charge on any atom is 0.410 e. The summed E-state index contributed by atoms with van der Waals surface area (Å²) in [6.45, 7) is 5.16. The second-order valence-corrected chi connectivity index (χ2v) is 5.57. The van der Waals surface area contributed by atoms with Crippen molar-refractivity contribution in [2.75, 3.05) is 7.05 Å². The van der Waals surface area contributed by atoms with Crippen molar-refractivity contribution in [3.8, 4) is 0 Å². The molecule has 0 spiro atoms. The van der Waals surface area contributed by atoms with Gasteiger partial charge in [0, 0.05) is 7.05 Å². The first-order chi connectivity index (χ1) is 9.65. The van der Waals surface area contributed by atoms with Crippen molar-refractivity contribution in [3.63, 3.8) is 0 Å². The molecule has 0 saturated heterocycles. The van der Waals surface area contributed by atoms with Crippen LogP contribution in [-0.2, 0) is 4.74 Å². The molecule has 21 heavy (non-hydrogen) atoms. The third-order valence-corrected chi connectivity index (χ3v) is 2.63. The van der Waals surface area contributed by atoms with E-state index in [1.54, 1.807) is 26.8 Å². The second-order valence-electron chi connectivity index (χ2n) is 5.57. The molecule has 1 aromatic rings. The molecule has 116 valence electrons. The number of carbonyl (C=O) groups is 1. The van der Waals surface area contributed by atoms with Crippen molar-refractivity contribution in [2.24, 2.45) is 10.9 Å². The molecule has 0 saturated carbocycles. The Morgan fingerprint density at radius 1 is 1.48 bits per heavy atom. The van der Waals surface area contributed by atoms with Crippen molar-refractivity contribution < 1.29 is 19.1 Å². The Morgan fingerprint density at radius 3 is 2.57 bits per heavy atom. The van der Waals surface area contributed by atoms with E-state index in [2.05, 4.69) is 5.16 Å². The van der Waals surface area contributed by atoms with Gasteiger partial charge in [0.15, 0.2) is 5.84 Å². The van der Waals surface area contributed by atoms with Gasteiger partial charge in [0.25, 0.3) is 0 Å². The molecule has 0 aliphatic rings. The Morgan fingerprint density at radius 2 is 2.10 bits per heavy atom. The van der Waals surface area contributed by atoms with Crippen LogP contribution < -0.4 is 5.73 Å². The van der Waals surface area contributed by atoms with Gasteiger partial charge < -0.3 is 15.7 Å². The van der Waals surface area contributed by atoms with Crippen molar-refractivity contribution in [1.82, 2.24) is 4.90 Å². The third kappa shape index (κ3) is 4.62. The lowest BCUT2D eigenvalue weighted by molar-refractivity contribution is 0.0263. The highest BCUT2D eigenvalue weighted by molar-refractivity contribution is 5.89. The predicted molar refractivity (Wildman–Crippen MR) is 76.5 cm³/mol. The molecule has 0 fully saturated rings. The monoisotopic (exact) mass is 297 g/mol. The van der Waals surface area contributed by atoms with Gasteiger partial charge in [-0.3, -0.25) is 4.90 Å². The third-order valence-electron chi connectivity index (χ3n) is 2.63. The minimum Gasteiger partial charge on any atom is -0.444 e. The van der Waals surface area contributed by atoms with Gasteiger partial charge >= 0.3 is 6.09 Å². The number of hydrogen-bond acceptors (Lipinski definition) is 4. The Hall–Kier alpha value is -2.31. The molecule has 3 N–H and O–H groups in total. The van der Waals surface area contributed by atoms with Gasteiger partial charge in [0.05, 0.1) is 0 Å². The summed E-state index contributed by atoms with van der Waals surface area (Å²) in [7, 11) is 1.43.